The van der Waals surface area contributed by atoms with E-state index < -0.39 is 22.2 Å². The molecule has 1 aromatic carbocycles. The van der Waals surface area contributed by atoms with Gasteiger partial charge in [0, 0.05) is 13.1 Å². The lowest BCUT2D eigenvalue weighted by molar-refractivity contribution is -0.139. The maximum absolute atomic E-state index is 12.4. The largest absolute Gasteiger partial charge is 0.480 e. The number of rotatable bonds is 5. The molecule has 0 radical (unpaired) electrons. The molecule has 2 aliphatic rings. The Morgan fingerprint density at radius 3 is 2.57 bits per heavy atom. The van der Waals surface area contributed by atoms with E-state index in [9.17, 15) is 13.2 Å². The third kappa shape index (κ3) is 3.09. The molecule has 0 bridgehead atoms. The molecule has 1 unspecified atom stereocenters. The summed E-state index contributed by atoms with van der Waals surface area (Å²) in [6.45, 7) is 0.672. The van der Waals surface area contributed by atoms with Crippen LogP contribution in [0.5, 0.6) is 0 Å². The van der Waals surface area contributed by atoms with Crippen molar-refractivity contribution in [3.63, 3.8) is 0 Å². The average molecular weight is 310 g/mol. The second-order valence-corrected chi connectivity index (χ2v) is 7.33. The van der Waals surface area contributed by atoms with Crippen LogP contribution in [0.2, 0.25) is 0 Å². The molecule has 3 rings (SSSR count). The van der Waals surface area contributed by atoms with E-state index in [0.717, 1.165) is 24.0 Å². The summed E-state index contributed by atoms with van der Waals surface area (Å²) in [5.74, 6) is -1.17. The molecule has 6 nitrogen and oxygen atoms in total. The molecule has 114 valence electrons. The van der Waals surface area contributed by atoms with Crippen molar-refractivity contribution >= 4 is 16.2 Å². The van der Waals surface area contributed by atoms with Gasteiger partial charge in [-0.05, 0) is 36.3 Å². The Kier molecular flexibility index (Phi) is 3.73. The van der Waals surface area contributed by atoms with Crippen LogP contribution < -0.4 is 4.72 Å². The van der Waals surface area contributed by atoms with Gasteiger partial charge in [0.1, 0.15) is 6.04 Å². The molecule has 2 N–H and O–H groups in total. The average Bonchev–Trinajstić information content (AvgIpc) is 3.28. The Morgan fingerprint density at radius 2 is 1.95 bits per heavy atom. The fourth-order valence-corrected chi connectivity index (χ4v) is 4.09. The van der Waals surface area contributed by atoms with Crippen LogP contribution in [0, 0.1) is 5.92 Å². The van der Waals surface area contributed by atoms with Gasteiger partial charge < -0.3 is 5.11 Å². The highest BCUT2D eigenvalue weighted by atomic mass is 32.2. The van der Waals surface area contributed by atoms with Crippen molar-refractivity contribution in [1.82, 2.24) is 9.03 Å². The van der Waals surface area contributed by atoms with Crippen LogP contribution in [0.4, 0.5) is 0 Å². The Morgan fingerprint density at radius 1 is 1.29 bits per heavy atom. The zero-order valence-electron chi connectivity index (χ0n) is 11.5. The van der Waals surface area contributed by atoms with E-state index in [0.29, 0.717) is 19.5 Å². The van der Waals surface area contributed by atoms with Crippen molar-refractivity contribution in [3.05, 3.63) is 35.4 Å². The molecule has 1 aliphatic carbocycles. The van der Waals surface area contributed by atoms with Gasteiger partial charge in [0.15, 0.2) is 0 Å². The molecular weight excluding hydrogens is 292 g/mol. The van der Waals surface area contributed by atoms with E-state index >= 15 is 0 Å². The number of nitrogens with zero attached hydrogens (tertiary/aromatic N) is 1. The molecule has 0 aromatic heterocycles. The number of fused-ring (bicyclic) bond motifs is 1. The second kappa shape index (κ2) is 5.40. The Bertz CT molecular complexity index is 655. The normalized spacial score (nSPS) is 20.8. The van der Waals surface area contributed by atoms with Gasteiger partial charge in [-0.25, -0.2) is 0 Å². The van der Waals surface area contributed by atoms with Crippen LogP contribution in [0.25, 0.3) is 0 Å². The highest BCUT2D eigenvalue weighted by Crippen LogP contribution is 2.33. The van der Waals surface area contributed by atoms with E-state index in [4.69, 9.17) is 5.11 Å². The van der Waals surface area contributed by atoms with Crippen LogP contribution in [0.3, 0.4) is 0 Å². The predicted molar refractivity (Wildman–Crippen MR) is 76.8 cm³/mol. The van der Waals surface area contributed by atoms with E-state index in [-0.39, 0.29) is 5.92 Å². The zero-order chi connectivity index (χ0) is 15.0. The van der Waals surface area contributed by atoms with Gasteiger partial charge in [0.05, 0.1) is 0 Å². The molecule has 0 spiro atoms. The first kappa shape index (κ1) is 14.5. The molecule has 0 amide bonds. The molecule has 1 atom stereocenters. The molecule has 1 heterocycles. The van der Waals surface area contributed by atoms with Gasteiger partial charge in [-0.2, -0.15) is 17.4 Å². The number of benzene rings is 1. The fraction of sp³-hybridized carbons (Fsp3) is 0.500. The monoisotopic (exact) mass is 310 g/mol. The van der Waals surface area contributed by atoms with Gasteiger partial charge in [-0.15, -0.1) is 0 Å². The van der Waals surface area contributed by atoms with Crippen LogP contribution in [-0.2, 0) is 28.0 Å². The SMILES string of the molecule is O=C(O)C(NS(=O)(=O)N1CCc2ccccc2C1)C1CC1. The van der Waals surface area contributed by atoms with E-state index in [2.05, 4.69) is 4.72 Å². The van der Waals surface area contributed by atoms with E-state index in [1.165, 1.54) is 4.31 Å². The Hall–Kier alpha value is -1.44. The van der Waals surface area contributed by atoms with Crippen molar-refractivity contribution in [2.24, 2.45) is 5.92 Å². The molecule has 1 fully saturated rings. The highest BCUT2D eigenvalue weighted by Gasteiger charge is 2.40. The molecular formula is C14H18N2O4S. The minimum atomic E-state index is -3.77. The Labute approximate surface area is 124 Å². The van der Waals surface area contributed by atoms with E-state index in [1.807, 2.05) is 24.3 Å². The Balaban J connectivity index is 1.75. The molecule has 0 saturated heterocycles. The zero-order valence-corrected chi connectivity index (χ0v) is 12.3. The fourth-order valence-electron chi connectivity index (χ4n) is 2.69. The smallest absolute Gasteiger partial charge is 0.322 e. The van der Waals surface area contributed by atoms with Gasteiger partial charge >= 0.3 is 5.97 Å². The van der Waals surface area contributed by atoms with Crippen molar-refractivity contribution < 1.29 is 18.3 Å². The summed E-state index contributed by atoms with van der Waals surface area (Å²) in [5, 5.41) is 9.16. The molecule has 1 saturated carbocycles. The number of aliphatic carboxylic acids is 1. The van der Waals surface area contributed by atoms with Crippen molar-refractivity contribution in [2.45, 2.75) is 31.8 Å². The van der Waals surface area contributed by atoms with Crippen LogP contribution in [-0.4, -0.2) is 36.4 Å². The summed E-state index contributed by atoms with van der Waals surface area (Å²) in [6.07, 6.45) is 2.18. The van der Waals surface area contributed by atoms with Gasteiger partial charge in [0.2, 0.25) is 0 Å². The third-order valence-electron chi connectivity index (χ3n) is 4.07. The van der Waals surface area contributed by atoms with E-state index in [1.54, 1.807) is 0 Å². The number of hydrogen-bond donors (Lipinski definition) is 2. The van der Waals surface area contributed by atoms with Crippen LogP contribution >= 0.6 is 0 Å². The van der Waals surface area contributed by atoms with Crippen molar-refractivity contribution in [3.8, 4) is 0 Å². The first-order valence-electron chi connectivity index (χ1n) is 7.04. The molecule has 1 aromatic rings. The summed E-state index contributed by atoms with van der Waals surface area (Å²) in [7, 11) is -3.77. The van der Waals surface area contributed by atoms with Crippen molar-refractivity contribution in [1.29, 1.82) is 0 Å². The molecule has 7 heteroatoms. The molecule has 21 heavy (non-hydrogen) atoms. The summed E-state index contributed by atoms with van der Waals surface area (Å²) in [5.41, 5.74) is 2.13. The summed E-state index contributed by atoms with van der Waals surface area (Å²) in [6, 6.07) is 6.72. The first-order chi connectivity index (χ1) is 9.97. The number of carbonyl (C=O) groups is 1. The lowest BCUT2D eigenvalue weighted by atomic mass is 10.0. The minimum absolute atomic E-state index is 0.0747. The van der Waals surface area contributed by atoms with Gasteiger partial charge in [0.25, 0.3) is 10.2 Å². The maximum Gasteiger partial charge on any atom is 0.322 e. The number of hydrogen-bond acceptors (Lipinski definition) is 3. The predicted octanol–water partition coefficient (Wildman–Crippen LogP) is 0.742. The quantitative estimate of drug-likeness (QED) is 0.840. The molecule has 1 aliphatic heterocycles. The summed E-state index contributed by atoms with van der Waals surface area (Å²) >= 11 is 0. The third-order valence-corrected chi connectivity index (χ3v) is 5.61. The van der Waals surface area contributed by atoms with Gasteiger partial charge in [-0.3, -0.25) is 4.79 Å². The number of nitrogens with one attached hydrogen (secondary N) is 1. The standard InChI is InChI=1S/C14H18N2O4S/c17-14(18)13(11-5-6-11)15-21(19,20)16-8-7-10-3-1-2-4-12(10)9-16/h1-4,11,13,15H,5-9H2,(H,17,18). The van der Waals surface area contributed by atoms with Crippen LogP contribution in [0.1, 0.15) is 24.0 Å². The lowest BCUT2D eigenvalue weighted by Crippen LogP contribution is -2.50. The summed E-state index contributed by atoms with van der Waals surface area (Å²) in [4.78, 5) is 11.2. The lowest BCUT2D eigenvalue weighted by Gasteiger charge is -2.29. The van der Waals surface area contributed by atoms with Crippen LogP contribution in [0.15, 0.2) is 24.3 Å². The minimum Gasteiger partial charge on any atom is -0.480 e. The van der Waals surface area contributed by atoms with Crippen molar-refractivity contribution in [2.75, 3.05) is 6.54 Å². The highest BCUT2D eigenvalue weighted by molar-refractivity contribution is 7.87. The summed E-state index contributed by atoms with van der Waals surface area (Å²) < 4.78 is 28.5. The van der Waals surface area contributed by atoms with Gasteiger partial charge in [-0.1, -0.05) is 24.3 Å². The number of carboxylic acid groups (broad SMARTS) is 1. The first-order valence-corrected chi connectivity index (χ1v) is 8.48. The second-order valence-electron chi connectivity index (χ2n) is 5.63. The maximum atomic E-state index is 12.4. The topological polar surface area (TPSA) is 86.7 Å². The number of carboxylic acids is 1.